The zero-order chi connectivity index (χ0) is 22.0. The molecular formula is C27H48N4. The number of nitrogens with one attached hydrogen (secondary N) is 1. The summed E-state index contributed by atoms with van der Waals surface area (Å²) >= 11 is 0. The average molecular weight is 429 g/mol. The molecular weight excluding hydrogens is 380 g/mol. The maximum absolute atomic E-state index is 4.33. The number of aromatic nitrogens is 3. The minimum Gasteiger partial charge on any atom is -0.299 e. The van der Waals surface area contributed by atoms with E-state index in [1.165, 1.54) is 121 Å². The van der Waals surface area contributed by atoms with Gasteiger partial charge in [-0.05, 0) is 37.6 Å². The molecule has 0 atom stereocenters. The van der Waals surface area contributed by atoms with E-state index in [0.717, 1.165) is 17.6 Å². The summed E-state index contributed by atoms with van der Waals surface area (Å²) in [6.45, 7) is 8.00. The molecule has 0 fully saturated rings. The van der Waals surface area contributed by atoms with Gasteiger partial charge in [0, 0.05) is 6.54 Å². The Hall–Kier alpha value is -1.42. The van der Waals surface area contributed by atoms with E-state index in [4.69, 9.17) is 0 Å². The molecule has 1 aromatic carbocycles. The third kappa shape index (κ3) is 11.1. The number of aromatic amines is 1. The highest BCUT2D eigenvalue weighted by Gasteiger charge is 2.10. The van der Waals surface area contributed by atoms with Crippen molar-refractivity contribution in [2.75, 3.05) is 13.1 Å². The molecule has 1 N–H and O–H groups in total. The van der Waals surface area contributed by atoms with Crippen LogP contribution in [0.25, 0.3) is 11.0 Å². The Balaban J connectivity index is 1.72. The van der Waals surface area contributed by atoms with Crippen LogP contribution in [0.5, 0.6) is 0 Å². The van der Waals surface area contributed by atoms with E-state index in [1.807, 2.05) is 0 Å². The van der Waals surface area contributed by atoms with Crippen LogP contribution in [-0.4, -0.2) is 33.4 Å². The van der Waals surface area contributed by atoms with Crippen LogP contribution in [0.1, 0.15) is 122 Å². The second-order valence-corrected chi connectivity index (χ2v) is 9.35. The fourth-order valence-corrected chi connectivity index (χ4v) is 4.51. The van der Waals surface area contributed by atoms with E-state index in [9.17, 15) is 0 Å². The number of benzene rings is 1. The lowest BCUT2D eigenvalue weighted by Gasteiger charge is -2.22. The first-order valence-corrected chi connectivity index (χ1v) is 13.4. The van der Waals surface area contributed by atoms with Gasteiger partial charge < -0.3 is 0 Å². The highest BCUT2D eigenvalue weighted by molar-refractivity contribution is 5.77. The van der Waals surface area contributed by atoms with E-state index >= 15 is 0 Å². The van der Waals surface area contributed by atoms with Gasteiger partial charge in [-0.1, -0.05) is 121 Å². The van der Waals surface area contributed by atoms with Gasteiger partial charge in [0.15, 0.2) is 0 Å². The topological polar surface area (TPSA) is 44.8 Å². The Morgan fingerprint density at radius 3 is 1.74 bits per heavy atom. The second kappa shape index (κ2) is 17.2. The van der Waals surface area contributed by atoms with E-state index in [1.54, 1.807) is 0 Å². The molecule has 0 aliphatic rings. The molecule has 0 spiro atoms. The Morgan fingerprint density at radius 2 is 1.19 bits per heavy atom. The molecule has 0 amide bonds. The number of rotatable bonds is 20. The molecule has 4 heteroatoms. The molecule has 1 heterocycles. The van der Waals surface area contributed by atoms with Gasteiger partial charge in [0.05, 0.1) is 5.52 Å². The fraction of sp³-hybridized carbons (Fsp3) is 0.778. The molecule has 0 aliphatic carbocycles. The van der Waals surface area contributed by atoms with Crippen LogP contribution in [0.4, 0.5) is 0 Å². The third-order valence-corrected chi connectivity index (χ3v) is 6.49. The first kappa shape index (κ1) is 25.8. The smallest absolute Gasteiger partial charge is 0.117 e. The molecule has 2 rings (SSSR count). The van der Waals surface area contributed by atoms with Gasteiger partial charge in [-0.3, -0.25) is 10.00 Å². The Bertz CT molecular complexity index is 646. The Morgan fingerprint density at radius 1 is 0.677 bits per heavy atom. The maximum atomic E-state index is 4.33. The van der Waals surface area contributed by atoms with Crippen molar-refractivity contribution in [1.82, 2.24) is 20.3 Å². The number of fused-ring (bicyclic) bond motifs is 1. The lowest BCUT2D eigenvalue weighted by atomic mass is 10.1. The van der Waals surface area contributed by atoms with E-state index in [2.05, 4.69) is 52.4 Å². The van der Waals surface area contributed by atoms with Crippen molar-refractivity contribution in [2.24, 2.45) is 0 Å². The minimum atomic E-state index is 0.997. The number of H-pyrrole nitrogens is 1. The van der Waals surface area contributed by atoms with Crippen molar-refractivity contribution in [3.05, 3.63) is 23.8 Å². The molecule has 0 radical (unpaired) electrons. The van der Waals surface area contributed by atoms with E-state index in [0.29, 0.717) is 0 Å². The van der Waals surface area contributed by atoms with E-state index in [-0.39, 0.29) is 0 Å². The molecule has 176 valence electrons. The Kier molecular flexibility index (Phi) is 14.3. The summed E-state index contributed by atoms with van der Waals surface area (Å²) in [4.78, 5) is 2.66. The summed E-state index contributed by atoms with van der Waals surface area (Å²) in [5, 5.41) is 11.4. The van der Waals surface area contributed by atoms with Crippen LogP contribution < -0.4 is 0 Å². The number of hydrogen-bond donors (Lipinski definition) is 1. The maximum Gasteiger partial charge on any atom is 0.117 e. The highest BCUT2D eigenvalue weighted by atomic mass is 15.3. The number of unbranched alkanes of at least 4 members (excludes halogenated alkanes) is 14. The molecule has 0 saturated carbocycles. The summed E-state index contributed by atoms with van der Waals surface area (Å²) < 4.78 is 0. The highest BCUT2D eigenvalue weighted by Crippen LogP contribution is 2.18. The van der Waals surface area contributed by atoms with Crippen molar-refractivity contribution >= 4 is 11.0 Å². The molecule has 2 aromatic rings. The van der Waals surface area contributed by atoms with Gasteiger partial charge >= 0.3 is 0 Å². The molecule has 4 nitrogen and oxygen atoms in total. The predicted octanol–water partition coefficient (Wildman–Crippen LogP) is 8.04. The number of nitrogens with zero attached hydrogens (tertiary/aromatic N) is 3. The number of hydrogen-bond acceptors (Lipinski definition) is 3. The molecule has 0 saturated heterocycles. The zero-order valence-electron chi connectivity index (χ0n) is 20.5. The predicted molar refractivity (Wildman–Crippen MR) is 134 cm³/mol. The molecule has 0 aliphatic heterocycles. The summed E-state index contributed by atoms with van der Waals surface area (Å²) in [6, 6.07) is 6.42. The summed E-state index contributed by atoms with van der Waals surface area (Å²) in [5.74, 6) is 0. The van der Waals surface area contributed by atoms with E-state index < -0.39 is 0 Å². The van der Waals surface area contributed by atoms with Crippen molar-refractivity contribution in [1.29, 1.82) is 0 Å². The molecule has 0 unspecified atom stereocenters. The summed E-state index contributed by atoms with van der Waals surface area (Å²) in [6.07, 6.45) is 22.2. The van der Waals surface area contributed by atoms with Gasteiger partial charge in [0.25, 0.3) is 0 Å². The minimum absolute atomic E-state index is 0.997. The lowest BCUT2D eigenvalue weighted by molar-refractivity contribution is 0.253. The van der Waals surface area contributed by atoms with Crippen LogP contribution in [0, 0.1) is 0 Å². The van der Waals surface area contributed by atoms with Gasteiger partial charge in [-0.25, -0.2) is 0 Å². The van der Waals surface area contributed by atoms with Crippen molar-refractivity contribution in [2.45, 2.75) is 123 Å². The molecule has 1 aromatic heterocycles. The van der Waals surface area contributed by atoms with Crippen LogP contribution >= 0.6 is 0 Å². The molecule has 31 heavy (non-hydrogen) atoms. The normalized spacial score (nSPS) is 11.7. The van der Waals surface area contributed by atoms with Crippen molar-refractivity contribution in [3.63, 3.8) is 0 Å². The van der Waals surface area contributed by atoms with Gasteiger partial charge in [0.1, 0.15) is 5.52 Å². The first-order valence-electron chi connectivity index (χ1n) is 13.4. The van der Waals surface area contributed by atoms with Crippen LogP contribution in [-0.2, 0) is 6.54 Å². The fourth-order valence-electron chi connectivity index (χ4n) is 4.51. The summed E-state index contributed by atoms with van der Waals surface area (Å²) in [7, 11) is 0. The third-order valence-electron chi connectivity index (χ3n) is 6.49. The van der Waals surface area contributed by atoms with Crippen molar-refractivity contribution < 1.29 is 0 Å². The van der Waals surface area contributed by atoms with Crippen LogP contribution in [0.15, 0.2) is 18.2 Å². The largest absolute Gasteiger partial charge is 0.299 e. The first-order chi connectivity index (χ1) is 15.3. The van der Waals surface area contributed by atoms with Crippen molar-refractivity contribution in [3.8, 4) is 0 Å². The van der Waals surface area contributed by atoms with Crippen LogP contribution in [0.3, 0.4) is 0 Å². The standard InChI is InChI=1S/C27H48N4/c1-3-5-7-9-11-13-15-17-22-31(23-18-16-14-12-10-8-6-4-2)24-25-20-19-21-26-27(25)29-30-28-26/h19-21H,3-18,22-24H2,1-2H3,(H,28,29,30). The SMILES string of the molecule is CCCCCCCCCCN(CCCCCCCCCC)Cc1cccc2[nH]nnc12. The monoisotopic (exact) mass is 428 g/mol. The average Bonchev–Trinajstić information content (AvgIpc) is 3.27. The van der Waals surface area contributed by atoms with Gasteiger partial charge in [0.2, 0.25) is 0 Å². The quantitative estimate of drug-likeness (QED) is 0.217. The van der Waals surface area contributed by atoms with Gasteiger partial charge in [-0.15, -0.1) is 5.10 Å². The summed E-state index contributed by atoms with van der Waals surface area (Å²) in [5.41, 5.74) is 3.40. The zero-order valence-corrected chi connectivity index (χ0v) is 20.5. The second-order valence-electron chi connectivity index (χ2n) is 9.35. The Labute approximate surface area is 191 Å². The molecule has 0 bridgehead atoms. The van der Waals surface area contributed by atoms with Gasteiger partial charge in [-0.2, -0.15) is 0 Å². The van der Waals surface area contributed by atoms with Crippen LogP contribution in [0.2, 0.25) is 0 Å². The lowest BCUT2D eigenvalue weighted by Crippen LogP contribution is -2.26.